The van der Waals surface area contributed by atoms with Crippen LogP contribution in [0.1, 0.15) is 18.1 Å². The fourth-order valence-corrected chi connectivity index (χ4v) is 2.41. The molecule has 1 unspecified atom stereocenters. The molecule has 0 bridgehead atoms. The molecule has 1 atom stereocenters. The van der Waals surface area contributed by atoms with Crippen molar-refractivity contribution in [2.24, 2.45) is 5.73 Å². The van der Waals surface area contributed by atoms with Gasteiger partial charge in [-0.3, -0.25) is 0 Å². The quantitative estimate of drug-likeness (QED) is 0.908. The minimum absolute atomic E-state index is 0.146. The third-order valence-electron chi connectivity index (χ3n) is 2.67. The van der Waals surface area contributed by atoms with E-state index in [1.165, 1.54) is 11.1 Å². The van der Waals surface area contributed by atoms with E-state index in [0.717, 1.165) is 22.4 Å². The molecule has 0 saturated heterocycles. The summed E-state index contributed by atoms with van der Waals surface area (Å²) < 4.78 is 12.2. The third kappa shape index (κ3) is 2.18. The highest BCUT2D eigenvalue weighted by Crippen LogP contribution is 2.41. The van der Waals surface area contributed by atoms with Crippen LogP contribution in [0.5, 0.6) is 11.5 Å². The highest BCUT2D eigenvalue weighted by atomic mass is 79.9. The Morgan fingerprint density at radius 2 is 2.12 bits per heavy atom. The van der Waals surface area contributed by atoms with E-state index >= 15 is 0 Å². The molecule has 0 amide bonds. The van der Waals surface area contributed by atoms with Crippen molar-refractivity contribution in [2.75, 3.05) is 13.2 Å². The largest absolute Gasteiger partial charge is 0.486 e. The van der Waals surface area contributed by atoms with E-state index in [1.807, 2.05) is 13.0 Å². The molecule has 0 fully saturated rings. The summed E-state index contributed by atoms with van der Waals surface area (Å²) in [6.45, 7) is 5.29. The summed E-state index contributed by atoms with van der Waals surface area (Å²) in [4.78, 5) is 0. The van der Waals surface area contributed by atoms with Crippen molar-refractivity contribution in [1.29, 1.82) is 0 Å². The highest BCUT2D eigenvalue weighted by Gasteiger charge is 2.19. The second kappa shape index (κ2) is 4.63. The van der Waals surface area contributed by atoms with Crippen molar-refractivity contribution >= 4 is 15.9 Å². The van der Waals surface area contributed by atoms with Crippen LogP contribution in [0.2, 0.25) is 0 Å². The third-order valence-corrected chi connectivity index (χ3v) is 3.62. The highest BCUT2D eigenvalue weighted by molar-refractivity contribution is 9.10. The summed E-state index contributed by atoms with van der Waals surface area (Å²) in [5, 5.41) is 0. The zero-order chi connectivity index (χ0) is 11.7. The van der Waals surface area contributed by atoms with Crippen molar-refractivity contribution in [3.05, 3.63) is 21.7 Å². The van der Waals surface area contributed by atoms with E-state index in [9.17, 15) is 0 Å². The molecular formula is C12H16BrNO2. The number of fused-ring (bicyclic) bond motifs is 1. The lowest BCUT2D eigenvalue weighted by atomic mass is 10.0. The van der Waals surface area contributed by atoms with Gasteiger partial charge in [0.1, 0.15) is 13.2 Å². The van der Waals surface area contributed by atoms with E-state index in [4.69, 9.17) is 15.2 Å². The molecule has 2 N–H and O–H groups in total. The molecule has 0 aliphatic carbocycles. The molecule has 1 heterocycles. The Kier molecular flexibility index (Phi) is 3.40. The summed E-state index contributed by atoms with van der Waals surface area (Å²) in [6.07, 6.45) is 0.848. The lowest BCUT2D eigenvalue weighted by Crippen LogP contribution is -2.20. The molecule has 0 aromatic heterocycles. The van der Waals surface area contributed by atoms with Gasteiger partial charge in [0, 0.05) is 6.04 Å². The first-order chi connectivity index (χ1) is 7.59. The maximum absolute atomic E-state index is 5.83. The van der Waals surface area contributed by atoms with Gasteiger partial charge in [-0.2, -0.15) is 0 Å². The first-order valence-corrected chi connectivity index (χ1v) is 6.22. The fourth-order valence-electron chi connectivity index (χ4n) is 1.85. The van der Waals surface area contributed by atoms with E-state index < -0.39 is 0 Å². The number of hydrogen-bond donors (Lipinski definition) is 1. The van der Waals surface area contributed by atoms with Crippen molar-refractivity contribution in [3.8, 4) is 11.5 Å². The summed E-state index contributed by atoms with van der Waals surface area (Å²) in [5.74, 6) is 1.64. The van der Waals surface area contributed by atoms with Gasteiger partial charge in [0.05, 0.1) is 4.47 Å². The zero-order valence-corrected chi connectivity index (χ0v) is 11.1. The number of benzene rings is 1. The molecule has 4 heteroatoms. The second-order valence-corrected chi connectivity index (χ2v) is 4.97. The van der Waals surface area contributed by atoms with Crippen molar-refractivity contribution in [3.63, 3.8) is 0 Å². The number of hydrogen-bond acceptors (Lipinski definition) is 3. The Hall–Kier alpha value is -0.740. The minimum Gasteiger partial charge on any atom is -0.486 e. The maximum Gasteiger partial charge on any atom is 0.175 e. The van der Waals surface area contributed by atoms with Crippen LogP contribution in [0.4, 0.5) is 0 Å². The average Bonchev–Trinajstić information content (AvgIpc) is 2.25. The summed E-state index contributed by atoms with van der Waals surface area (Å²) >= 11 is 3.56. The molecule has 1 aromatic carbocycles. The molecule has 2 rings (SSSR count). The van der Waals surface area contributed by atoms with Gasteiger partial charge in [0.2, 0.25) is 0 Å². The Morgan fingerprint density at radius 3 is 2.81 bits per heavy atom. The first kappa shape index (κ1) is 11.7. The smallest absolute Gasteiger partial charge is 0.175 e. The number of halogens is 1. The molecule has 88 valence electrons. The van der Waals surface area contributed by atoms with Gasteiger partial charge in [-0.25, -0.2) is 0 Å². The van der Waals surface area contributed by atoms with Crippen LogP contribution in [-0.4, -0.2) is 19.3 Å². The molecule has 1 aromatic rings. The van der Waals surface area contributed by atoms with E-state index in [-0.39, 0.29) is 6.04 Å². The van der Waals surface area contributed by atoms with Crippen LogP contribution in [0.15, 0.2) is 10.5 Å². The van der Waals surface area contributed by atoms with Gasteiger partial charge in [0.15, 0.2) is 11.5 Å². The Bertz CT molecular complexity index is 404. The van der Waals surface area contributed by atoms with Crippen LogP contribution in [0, 0.1) is 6.92 Å². The van der Waals surface area contributed by atoms with Gasteiger partial charge in [-0.15, -0.1) is 0 Å². The Labute approximate surface area is 104 Å². The molecule has 0 saturated carbocycles. The topological polar surface area (TPSA) is 44.5 Å². The monoisotopic (exact) mass is 285 g/mol. The SMILES string of the molecule is Cc1c(CC(C)N)cc2c(c1Br)OCCO2. The van der Waals surface area contributed by atoms with Gasteiger partial charge in [-0.05, 0) is 53.4 Å². The lowest BCUT2D eigenvalue weighted by molar-refractivity contribution is 0.170. The predicted molar refractivity (Wildman–Crippen MR) is 67.2 cm³/mol. The average molecular weight is 286 g/mol. The van der Waals surface area contributed by atoms with Crippen LogP contribution in [-0.2, 0) is 6.42 Å². The lowest BCUT2D eigenvalue weighted by Gasteiger charge is -2.22. The van der Waals surface area contributed by atoms with E-state index in [0.29, 0.717) is 13.2 Å². The summed E-state index contributed by atoms with van der Waals surface area (Å²) in [7, 11) is 0. The minimum atomic E-state index is 0.146. The number of rotatable bonds is 2. The molecule has 1 aliphatic heterocycles. The first-order valence-electron chi connectivity index (χ1n) is 5.42. The van der Waals surface area contributed by atoms with Gasteiger partial charge >= 0.3 is 0 Å². The van der Waals surface area contributed by atoms with Gasteiger partial charge in [0.25, 0.3) is 0 Å². The van der Waals surface area contributed by atoms with E-state index in [1.54, 1.807) is 0 Å². The summed E-state index contributed by atoms with van der Waals surface area (Å²) in [6, 6.07) is 2.19. The molecular weight excluding hydrogens is 270 g/mol. The normalized spacial score (nSPS) is 16.0. The van der Waals surface area contributed by atoms with Crippen LogP contribution in [0.3, 0.4) is 0 Å². The van der Waals surface area contributed by atoms with Crippen molar-refractivity contribution in [1.82, 2.24) is 0 Å². The Balaban J connectivity index is 2.44. The zero-order valence-electron chi connectivity index (χ0n) is 9.55. The van der Waals surface area contributed by atoms with Crippen LogP contribution >= 0.6 is 15.9 Å². The van der Waals surface area contributed by atoms with Crippen LogP contribution < -0.4 is 15.2 Å². The predicted octanol–water partition coefficient (Wildman–Crippen LogP) is 2.42. The maximum atomic E-state index is 5.83. The fraction of sp³-hybridized carbons (Fsp3) is 0.500. The molecule has 0 radical (unpaired) electrons. The van der Waals surface area contributed by atoms with Gasteiger partial charge in [-0.1, -0.05) is 0 Å². The van der Waals surface area contributed by atoms with Crippen LogP contribution in [0.25, 0.3) is 0 Å². The van der Waals surface area contributed by atoms with Crippen molar-refractivity contribution in [2.45, 2.75) is 26.3 Å². The number of ether oxygens (including phenoxy) is 2. The Morgan fingerprint density at radius 1 is 1.44 bits per heavy atom. The molecule has 3 nitrogen and oxygen atoms in total. The van der Waals surface area contributed by atoms with Crippen molar-refractivity contribution < 1.29 is 9.47 Å². The second-order valence-electron chi connectivity index (χ2n) is 4.18. The summed E-state index contributed by atoms with van der Waals surface area (Å²) in [5.41, 5.74) is 8.23. The molecule has 16 heavy (non-hydrogen) atoms. The molecule has 0 spiro atoms. The standard InChI is InChI=1S/C12H16BrNO2/c1-7(14)5-9-6-10-12(11(13)8(9)2)16-4-3-15-10/h6-7H,3-5,14H2,1-2H3. The van der Waals surface area contributed by atoms with Gasteiger partial charge < -0.3 is 15.2 Å². The van der Waals surface area contributed by atoms with E-state index in [2.05, 4.69) is 22.9 Å². The molecule has 1 aliphatic rings. The number of nitrogens with two attached hydrogens (primary N) is 1.